The Labute approximate surface area is 157 Å². The molecule has 0 unspecified atom stereocenters. The Kier molecular flexibility index (Phi) is 4.88. The van der Waals surface area contributed by atoms with Gasteiger partial charge in [0, 0.05) is 30.0 Å². The number of hydrogen-bond donors (Lipinski definition) is 0. The zero-order valence-corrected chi connectivity index (χ0v) is 17.1. The van der Waals surface area contributed by atoms with Crippen molar-refractivity contribution in [3.8, 4) is 0 Å². The molecule has 0 saturated heterocycles. The van der Waals surface area contributed by atoms with Gasteiger partial charge in [0.05, 0.1) is 12.2 Å². The van der Waals surface area contributed by atoms with E-state index in [9.17, 15) is 0 Å². The van der Waals surface area contributed by atoms with Crippen LogP contribution >= 0.6 is 63.7 Å². The smallest absolute Gasteiger partial charge is 0.137 e. The summed E-state index contributed by atoms with van der Waals surface area (Å²) in [5, 5.41) is 0. The fraction of sp³-hybridized carbons (Fsp3) is 0.133. The van der Waals surface area contributed by atoms with Gasteiger partial charge in [0.2, 0.25) is 0 Å². The average Bonchev–Trinajstić information content (AvgIpc) is 2.87. The van der Waals surface area contributed by atoms with Gasteiger partial charge in [-0.3, -0.25) is 4.99 Å². The Morgan fingerprint density at radius 3 is 1.90 bits per heavy atom. The van der Waals surface area contributed by atoms with Crippen LogP contribution in [0.2, 0.25) is 0 Å². The molecule has 0 aliphatic carbocycles. The minimum atomic E-state index is 0.789. The van der Waals surface area contributed by atoms with Gasteiger partial charge in [-0.05, 0) is 88.0 Å². The molecule has 1 heterocycles. The van der Waals surface area contributed by atoms with Crippen LogP contribution < -0.4 is 4.90 Å². The Morgan fingerprint density at radius 2 is 1.33 bits per heavy atom. The zero-order valence-electron chi connectivity index (χ0n) is 10.8. The molecule has 2 aromatic rings. The predicted octanol–water partition coefficient (Wildman–Crippen LogP) is 6.00. The summed E-state index contributed by atoms with van der Waals surface area (Å²) in [4.78, 5) is 6.94. The molecule has 21 heavy (non-hydrogen) atoms. The summed E-state index contributed by atoms with van der Waals surface area (Å²) >= 11 is 14.6. The summed E-state index contributed by atoms with van der Waals surface area (Å²) in [6, 6.07) is 12.2. The maximum absolute atomic E-state index is 4.71. The highest BCUT2D eigenvalue weighted by atomic mass is 79.9. The first-order valence-electron chi connectivity index (χ1n) is 6.30. The van der Waals surface area contributed by atoms with Crippen molar-refractivity contribution >= 4 is 75.2 Å². The van der Waals surface area contributed by atoms with E-state index < -0.39 is 0 Å². The number of halogens is 4. The van der Waals surface area contributed by atoms with Crippen LogP contribution in [0.1, 0.15) is 5.56 Å². The van der Waals surface area contributed by atoms with Crippen LogP contribution in [0.3, 0.4) is 0 Å². The lowest BCUT2D eigenvalue weighted by Crippen LogP contribution is -2.29. The SMILES string of the molecule is Brc1cccc(Br)c1C1=NCCN1c1c(Br)cccc1Br. The number of aliphatic imine (C=N–C) groups is 1. The summed E-state index contributed by atoms with van der Waals surface area (Å²) in [6.07, 6.45) is 0. The molecular weight excluding hydrogens is 528 g/mol. The summed E-state index contributed by atoms with van der Waals surface area (Å²) < 4.78 is 4.17. The molecular formula is C15H10Br4N2. The standard InChI is InChI=1S/C15H10Br4N2/c16-9-3-1-4-10(17)13(9)15-20-7-8-21(15)14-11(18)5-2-6-12(14)19/h1-6H,7-8H2. The van der Waals surface area contributed by atoms with E-state index in [-0.39, 0.29) is 0 Å². The molecule has 0 spiro atoms. The fourth-order valence-electron chi connectivity index (χ4n) is 2.34. The van der Waals surface area contributed by atoms with Gasteiger partial charge in [0.15, 0.2) is 0 Å². The highest BCUT2D eigenvalue weighted by Gasteiger charge is 2.26. The molecule has 3 rings (SSSR count). The topological polar surface area (TPSA) is 15.6 Å². The van der Waals surface area contributed by atoms with Crippen molar-refractivity contribution < 1.29 is 0 Å². The van der Waals surface area contributed by atoms with Crippen molar-refractivity contribution in [3.05, 3.63) is 59.9 Å². The van der Waals surface area contributed by atoms with Gasteiger partial charge in [0.1, 0.15) is 5.84 Å². The highest BCUT2D eigenvalue weighted by molar-refractivity contribution is 9.11. The normalized spacial score (nSPS) is 14.5. The third-order valence-electron chi connectivity index (χ3n) is 3.23. The van der Waals surface area contributed by atoms with E-state index in [1.54, 1.807) is 0 Å². The summed E-state index contributed by atoms with van der Waals surface area (Å²) in [6.45, 7) is 1.65. The lowest BCUT2D eigenvalue weighted by Gasteiger charge is -2.24. The van der Waals surface area contributed by atoms with Gasteiger partial charge < -0.3 is 4.90 Å². The summed E-state index contributed by atoms with van der Waals surface area (Å²) in [7, 11) is 0. The number of nitrogens with zero attached hydrogens (tertiary/aromatic N) is 2. The van der Waals surface area contributed by atoms with Crippen molar-refractivity contribution in [1.29, 1.82) is 0 Å². The molecule has 0 amide bonds. The highest BCUT2D eigenvalue weighted by Crippen LogP contribution is 2.38. The number of rotatable bonds is 2. The van der Waals surface area contributed by atoms with E-state index in [4.69, 9.17) is 4.99 Å². The fourth-order valence-corrected chi connectivity index (χ4v) is 5.12. The second kappa shape index (κ2) is 6.52. The van der Waals surface area contributed by atoms with Gasteiger partial charge in [-0.1, -0.05) is 12.1 Å². The molecule has 0 radical (unpaired) electrons. The van der Waals surface area contributed by atoms with Gasteiger partial charge in [-0.25, -0.2) is 0 Å². The number of anilines is 1. The van der Waals surface area contributed by atoms with Crippen LogP contribution in [0, 0.1) is 0 Å². The molecule has 108 valence electrons. The van der Waals surface area contributed by atoms with Crippen molar-refractivity contribution in [1.82, 2.24) is 0 Å². The Hall–Kier alpha value is -0.170. The van der Waals surface area contributed by atoms with Gasteiger partial charge in [-0.15, -0.1) is 0 Å². The van der Waals surface area contributed by atoms with E-state index in [0.717, 1.165) is 48.1 Å². The molecule has 0 bridgehead atoms. The molecule has 1 aliphatic heterocycles. The Bertz CT molecular complexity index is 687. The van der Waals surface area contributed by atoms with Crippen molar-refractivity contribution in [2.75, 3.05) is 18.0 Å². The quantitative estimate of drug-likeness (QED) is 0.459. The minimum Gasteiger partial charge on any atom is -0.322 e. The van der Waals surface area contributed by atoms with E-state index in [0.29, 0.717) is 0 Å². The number of benzene rings is 2. The van der Waals surface area contributed by atoms with Crippen molar-refractivity contribution in [3.63, 3.8) is 0 Å². The Morgan fingerprint density at radius 1 is 0.810 bits per heavy atom. The van der Waals surface area contributed by atoms with Crippen molar-refractivity contribution in [2.24, 2.45) is 4.99 Å². The molecule has 0 aromatic heterocycles. The first-order valence-corrected chi connectivity index (χ1v) is 9.47. The van der Waals surface area contributed by atoms with Crippen LogP contribution in [0.4, 0.5) is 5.69 Å². The minimum absolute atomic E-state index is 0.789. The van der Waals surface area contributed by atoms with E-state index >= 15 is 0 Å². The monoisotopic (exact) mass is 534 g/mol. The van der Waals surface area contributed by atoms with Crippen LogP contribution in [0.25, 0.3) is 0 Å². The average molecular weight is 538 g/mol. The summed E-state index contributed by atoms with van der Waals surface area (Å²) in [5.74, 6) is 0.974. The third kappa shape index (κ3) is 3.00. The van der Waals surface area contributed by atoms with E-state index in [1.165, 1.54) is 0 Å². The molecule has 1 aliphatic rings. The maximum atomic E-state index is 4.71. The van der Waals surface area contributed by atoms with E-state index in [1.807, 2.05) is 36.4 Å². The van der Waals surface area contributed by atoms with Crippen LogP contribution in [-0.2, 0) is 0 Å². The largest absolute Gasteiger partial charge is 0.322 e. The zero-order chi connectivity index (χ0) is 15.0. The number of amidine groups is 1. The molecule has 0 N–H and O–H groups in total. The second-order valence-electron chi connectivity index (χ2n) is 4.52. The number of hydrogen-bond acceptors (Lipinski definition) is 2. The second-order valence-corrected chi connectivity index (χ2v) is 7.94. The van der Waals surface area contributed by atoms with Gasteiger partial charge in [-0.2, -0.15) is 0 Å². The van der Waals surface area contributed by atoms with Gasteiger partial charge in [0.25, 0.3) is 0 Å². The van der Waals surface area contributed by atoms with Crippen LogP contribution in [-0.4, -0.2) is 18.9 Å². The predicted molar refractivity (Wildman–Crippen MR) is 102 cm³/mol. The van der Waals surface area contributed by atoms with Crippen LogP contribution in [0.5, 0.6) is 0 Å². The summed E-state index contributed by atoms with van der Waals surface area (Å²) in [5.41, 5.74) is 2.19. The van der Waals surface area contributed by atoms with E-state index in [2.05, 4.69) is 68.6 Å². The lowest BCUT2D eigenvalue weighted by molar-refractivity contribution is 1.02. The molecule has 2 nitrogen and oxygen atoms in total. The molecule has 6 heteroatoms. The Balaban J connectivity index is 2.12. The van der Waals surface area contributed by atoms with Gasteiger partial charge >= 0.3 is 0 Å². The van der Waals surface area contributed by atoms with Crippen molar-refractivity contribution in [2.45, 2.75) is 0 Å². The third-order valence-corrected chi connectivity index (χ3v) is 5.84. The van der Waals surface area contributed by atoms with Crippen LogP contribution in [0.15, 0.2) is 59.3 Å². The molecule has 0 atom stereocenters. The first kappa shape index (κ1) is 15.7. The molecule has 0 saturated carbocycles. The molecule has 2 aromatic carbocycles. The number of para-hydroxylation sites is 1. The first-order chi connectivity index (χ1) is 10.1. The maximum Gasteiger partial charge on any atom is 0.137 e. The molecule has 0 fully saturated rings. The lowest BCUT2D eigenvalue weighted by atomic mass is 10.2.